The first-order chi connectivity index (χ1) is 9.88. The SMILES string of the molecule is CN(C)c1ccc(Br)c(Oc2cc(N(C)C)ccc2Br)c1. The van der Waals surface area contributed by atoms with Crippen LogP contribution in [0.5, 0.6) is 11.5 Å². The van der Waals surface area contributed by atoms with E-state index < -0.39 is 0 Å². The van der Waals surface area contributed by atoms with Gasteiger partial charge in [-0.2, -0.15) is 0 Å². The summed E-state index contributed by atoms with van der Waals surface area (Å²) in [5, 5.41) is 0. The van der Waals surface area contributed by atoms with Gasteiger partial charge in [0, 0.05) is 51.7 Å². The fraction of sp³-hybridized carbons (Fsp3) is 0.250. The van der Waals surface area contributed by atoms with Gasteiger partial charge in [0.05, 0.1) is 8.95 Å². The molecule has 0 aliphatic rings. The van der Waals surface area contributed by atoms with Gasteiger partial charge >= 0.3 is 0 Å². The maximum atomic E-state index is 6.07. The van der Waals surface area contributed by atoms with Crippen molar-refractivity contribution >= 4 is 43.2 Å². The second-order valence-electron chi connectivity index (χ2n) is 5.12. The minimum Gasteiger partial charge on any atom is -0.455 e. The Morgan fingerprint density at radius 1 is 0.714 bits per heavy atom. The number of hydrogen-bond donors (Lipinski definition) is 0. The molecule has 0 atom stereocenters. The third-order valence-electron chi connectivity index (χ3n) is 3.08. The van der Waals surface area contributed by atoms with E-state index in [9.17, 15) is 0 Å². The molecular weight excluding hydrogens is 396 g/mol. The van der Waals surface area contributed by atoms with Crippen molar-refractivity contribution in [2.75, 3.05) is 38.0 Å². The molecule has 0 amide bonds. The van der Waals surface area contributed by atoms with Crippen LogP contribution in [-0.2, 0) is 0 Å². The van der Waals surface area contributed by atoms with Crippen LogP contribution in [0.15, 0.2) is 45.3 Å². The van der Waals surface area contributed by atoms with E-state index in [1.54, 1.807) is 0 Å². The van der Waals surface area contributed by atoms with Crippen molar-refractivity contribution in [1.29, 1.82) is 0 Å². The zero-order valence-corrected chi connectivity index (χ0v) is 15.7. The topological polar surface area (TPSA) is 15.7 Å². The molecule has 112 valence electrons. The van der Waals surface area contributed by atoms with Crippen molar-refractivity contribution in [2.24, 2.45) is 0 Å². The van der Waals surface area contributed by atoms with Gasteiger partial charge in [0.1, 0.15) is 11.5 Å². The van der Waals surface area contributed by atoms with Gasteiger partial charge in [-0.1, -0.05) is 0 Å². The van der Waals surface area contributed by atoms with Gasteiger partial charge in [-0.25, -0.2) is 0 Å². The van der Waals surface area contributed by atoms with Crippen LogP contribution in [0.25, 0.3) is 0 Å². The van der Waals surface area contributed by atoms with Crippen molar-refractivity contribution in [3.8, 4) is 11.5 Å². The Bertz CT molecular complexity index is 587. The predicted molar refractivity (Wildman–Crippen MR) is 97.0 cm³/mol. The minimum absolute atomic E-state index is 0.790. The first-order valence-corrected chi connectivity index (χ1v) is 8.08. The van der Waals surface area contributed by atoms with Gasteiger partial charge in [0.2, 0.25) is 0 Å². The predicted octanol–water partition coefficient (Wildman–Crippen LogP) is 5.14. The molecule has 0 aromatic heterocycles. The van der Waals surface area contributed by atoms with Crippen LogP contribution in [-0.4, -0.2) is 28.2 Å². The molecule has 0 aliphatic heterocycles. The Morgan fingerprint density at radius 2 is 1.10 bits per heavy atom. The van der Waals surface area contributed by atoms with Crippen molar-refractivity contribution in [2.45, 2.75) is 0 Å². The highest BCUT2D eigenvalue weighted by atomic mass is 79.9. The van der Waals surface area contributed by atoms with E-state index in [-0.39, 0.29) is 0 Å². The highest BCUT2D eigenvalue weighted by Gasteiger charge is 2.10. The molecule has 0 spiro atoms. The van der Waals surface area contributed by atoms with Gasteiger partial charge < -0.3 is 14.5 Å². The van der Waals surface area contributed by atoms with Crippen molar-refractivity contribution < 1.29 is 4.74 Å². The van der Waals surface area contributed by atoms with E-state index in [1.165, 1.54) is 0 Å². The molecule has 0 N–H and O–H groups in total. The fourth-order valence-electron chi connectivity index (χ4n) is 1.82. The molecule has 0 unspecified atom stereocenters. The van der Waals surface area contributed by atoms with Crippen molar-refractivity contribution in [3.05, 3.63) is 45.3 Å². The maximum Gasteiger partial charge on any atom is 0.143 e. The van der Waals surface area contributed by atoms with Gasteiger partial charge in [0.25, 0.3) is 0 Å². The number of hydrogen-bond acceptors (Lipinski definition) is 3. The molecule has 0 saturated heterocycles. The highest BCUT2D eigenvalue weighted by Crippen LogP contribution is 2.37. The average Bonchev–Trinajstić information content (AvgIpc) is 2.43. The van der Waals surface area contributed by atoms with Crippen LogP contribution >= 0.6 is 31.9 Å². The Kier molecular flexibility index (Phi) is 5.17. The molecule has 0 radical (unpaired) electrons. The normalized spacial score (nSPS) is 10.4. The summed E-state index contributed by atoms with van der Waals surface area (Å²) in [6.45, 7) is 0. The second-order valence-corrected chi connectivity index (χ2v) is 6.83. The molecule has 0 saturated carbocycles. The molecule has 21 heavy (non-hydrogen) atoms. The lowest BCUT2D eigenvalue weighted by Crippen LogP contribution is -2.09. The Hall–Kier alpha value is -1.20. The van der Waals surface area contributed by atoms with Crippen LogP contribution in [0.2, 0.25) is 0 Å². The minimum atomic E-state index is 0.790. The summed E-state index contributed by atoms with van der Waals surface area (Å²) in [5.41, 5.74) is 2.18. The molecule has 2 aromatic carbocycles. The Balaban J connectivity index is 2.37. The lowest BCUT2D eigenvalue weighted by atomic mass is 10.2. The summed E-state index contributed by atoms with van der Waals surface area (Å²) in [6, 6.07) is 12.1. The first-order valence-electron chi connectivity index (χ1n) is 6.50. The number of halogens is 2. The summed E-state index contributed by atoms with van der Waals surface area (Å²) >= 11 is 7.08. The first kappa shape index (κ1) is 16.2. The Labute approximate surface area is 142 Å². The zero-order chi connectivity index (χ0) is 15.6. The zero-order valence-electron chi connectivity index (χ0n) is 12.5. The van der Waals surface area contributed by atoms with Crippen LogP contribution in [0.4, 0.5) is 11.4 Å². The summed E-state index contributed by atoms with van der Waals surface area (Å²) in [7, 11) is 8.04. The van der Waals surface area contributed by atoms with Crippen molar-refractivity contribution in [3.63, 3.8) is 0 Å². The van der Waals surface area contributed by atoms with Gasteiger partial charge in [-0.3, -0.25) is 0 Å². The van der Waals surface area contributed by atoms with Gasteiger partial charge in [-0.05, 0) is 56.1 Å². The quantitative estimate of drug-likeness (QED) is 0.690. The third kappa shape index (κ3) is 3.92. The van der Waals surface area contributed by atoms with E-state index in [0.717, 1.165) is 31.8 Å². The van der Waals surface area contributed by atoms with E-state index in [1.807, 2.05) is 74.4 Å². The smallest absolute Gasteiger partial charge is 0.143 e. The van der Waals surface area contributed by atoms with Crippen LogP contribution in [0, 0.1) is 0 Å². The summed E-state index contributed by atoms with van der Waals surface area (Å²) in [5.74, 6) is 1.58. The molecule has 0 fully saturated rings. The third-order valence-corrected chi connectivity index (χ3v) is 4.39. The molecule has 0 bridgehead atoms. The lowest BCUT2D eigenvalue weighted by molar-refractivity contribution is 0.477. The average molecular weight is 414 g/mol. The standard InChI is InChI=1S/C16H18Br2N2O/c1-19(2)11-5-7-13(17)15(9-11)21-16-10-12(20(3)4)6-8-14(16)18/h5-10H,1-4H3. The largest absolute Gasteiger partial charge is 0.455 e. The number of anilines is 2. The molecule has 0 heterocycles. The molecule has 3 nitrogen and oxygen atoms in total. The fourth-order valence-corrected chi connectivity index (χ4v) is 2.47. The monoisotopic (exact) mass is 412 g/mol. The van der Waals surface area contributed by atoms with Gasteiger partial charge in [-0.15, -0.1) is 0 Å². The lowest BCUT2D eigenvalue weighted by Gasteiger charge is -2.17. The number of rotatable bonds is 4. The van der Waals surface area contributed by atoms with E-state index in [4.69, 9.17) is 4.74 Å². The molecule has 5 heteroatoms. The van der Waals surface area contributed by atoms with Crippen LogP contribution in [0.1, 0.15) is 0 Å². The second kappa shape index (κ2) is 6.71. The van der Waals surface area contributed by atoms with Crippen LogP contribution < -0.4 is 14.5 Å². The maximum absolute atomic E-state index is 6.07. The van der Waals surface area contributed by atoms with E-state index >= 15 is 0 Å². The Morgan fingerprint density at radius 3 is 1.43 bits per heavy atom. The summed E-state index contributed by atoms with van der Waals surface area (Å²) in [6.07, 6.45) is 0. The molecular formula is C16H18Br2N2O. The van der Waals surface area contributed by atoms with Crippen LogP contribution in [0.3, 0.4) is 0 Å². The van der Waals surface area contributed by atoms with Crippen molar-refractivity contribution in [1.82, 2.24) is 0 Å². The molecule has 0 aliphatic carbocycles. The summed E-state index contributed by atoms with van der Waals surface area (Å²) in [4.78, 5) is 4.09. The van der Waals surface area contributed by atoms with E-state index in [2.05, 4.69) is 31.9 Å². The highest BCUT2D eigenvalue weighted by molar-refractivity contribution is 9.11. The molecule has 2 aromatic rings. The number of ether oxygens (including phenoxy) is 1. The summed E-state index contributed by atoms with van der Waals surface area (Å²) < 4.78 is 7.93. The van der Waals surface area contributed by atoms with E-state index in [0.29, 0.717) is 0 Å². The molecule has 2 rings (SSSR count). The van der Waals surface area contributed by atoms with Gasteiger partial charge in [0.15, 0.2) is 0 Å². The number of nitrogens with zero attached hydrogens (tertiary/aromatic N) is 2. The number of benzene rings is 2.